The maximum absolute atomic E-state index is 5.43. The lowest BCUT2D eigenvalue weighted by Gasteiger charge is -2.53. The summed E-state index contributed by atoms with van der Waals surface area (Å²) in [6.07, 6.45) is 2.68. The minimum atomic E-state index is 0.354. The molecule has 0 radical (unpaired) electrons. The predicted octanol–water partition coefficient (Wildman–Crippen LogP) is 1.61. The van der Waals surface area contributed by atoms with Gasteiger partial charge in [0, 0.05) is 36.8 Å². The zero-order valence-corrected chi connectivity index (χ0v) is 10.4. The Morgan fingerprint density at radius 1 is 1.17 bits per heavy atom. The van der Waals surface area contributed by atoms with Crippen LogP contribution < -0.4 is 19.7 Å². The van der Waals surface area contributed by atoms with Crippen LogP contribution in [0.4, 0.5) is 5.69 Å². The summed E-state index contributed by atoms with van der Waals surface area (Å²) in [6.45, 7) is 5.05. The van der Waals surface area contributed by atoms with Crippen LogP contribution in [-0.4, -0.2) is 33.0 Å². The first-order valence-electron chi connectivity index (χ1n) is 6.70. The molecule has 4 rings (SSSR count). The molecule has 3 aliphatic heterocycles. The van der Waals surface area contributed by atoms with Crippen molar-refractivity contribution in [2.45, 2.75) is 12.8 Å². The topological polar surface area (TPSA) is 33.7 Å². The van der Waals surface area contributed by atoms with Crippen LogP contribution in [0.15, 0.2) is 18.2 Å². The van der Waals surface area contributed by atoms with E-state index in [0.717, 1.165) is 11.5 Å². The van der Waals surface area contributed by atoms with E-state index in [1.165, 1.54) is 44.7 Å². The number of ether oxygens (including phenoxy) is 2. The van der Waals surface area contributed by atoms with Crippen molar-refractivity contribution >= 4 is 5.69 Å². The van der Waals surface area contributed by atoms with E-state index in [1.54, 1.807) is 0 Å². The second-order valence-corrected chi connectivity index (χ2v) is 5.67. The molecule has 0 atom stereocenters. The highest BCUT2D eigenvalue weighted by Gasteiger charge is 2.43. The minimum absolute atomic E-state index is 0.354. The van der Waals surface area contributed by atoms with Gasteiger partial charge >= 0.3 is 0 Å². The summed E-state index contributed by atoms with van der Waals surface area (Å²) in [5, 5.41) is 3.52. The normalized spacial score (nSPS) is 24.1. The molecule has 2 fully saturated rings. The fraction of sp³-hybridized carbons (Fsp3) is 0.571. The van der Waals surface area contributed by atoms with E-state index in [1.807, 2.05) is 6.07 Å². The van der Waals surface area contributed by atoms with E-state index in [4.69, 9.17) is 9.47 Å². The van der Waals surface area contributed by atoms with Gasteiger partial charge in [0.15, 0.2) is 11.5 Å². The van der Waals surface area contributed by atoms with Gasteiger partial charge in [-0.15, -0.1) is 0 Å². The highest BCUT2D eigenvalue weighted by Crippen LogP contribution is 2.42. The second kappa shape index (κ2) is 3.79. The zero-order chi connectivity index (χ0) is 12.0. The Morgan fingerprint density at radius 2 is 2.06 bits per heavy atom. The third kappa shape index (κ3) is 1.56. The number of nitrogens with one attached hydrogen (secondary N) is 1. The summed E-state index contributed by atoms with van der Waals surface area (Å²) >= 11 is 0. The van der Waals surface area contributed by atoms with Crippen LogP contribution in [0.2, 0.25) is 0 Å². The van der Waals surface area contributed by atoms with Gasteiger partial charge in [-0.2, -0.15) is 0 Å². The van der Waals surface area contributed by atoms with Gasteiger partial charge in [-0.25, -0.2) is 0 Å². The molecular weight excluding hydrogens is 228 g/mol. The van der Waals surface area contributed by atoms with Gasteiger partial charge < -0.3 is 19.7 Å². The number of benzene rings is 1. The van der Waals surface area contributed by atoms with E-state index < -0.39 is 0 Å². The Hall–Kier alpha value is -1.42. The molecule has 3 aliphatic rings. The third-order valence-corrected chi connectivity index (χ3v) is 4.33. The van der Waals surface area contributed by atoms with E-state index in [0.29, 0.717) is 12.2 Å². The molecule has 96 valence electrons. The van der Waals surface area contributed by atoms with Gasteiger partial charge in [-0.3, -0.25) is 0 Å². The molecule has 2 saturated heterocycles. The van der Waals surface area contributed by atoms with E-state index >= 15 is 0 Å². The van der Waals surface area contributed by atoms with Crippen LogP contribution in [0.1, 0.15) is 12.8 Å². The standard InChI is InChI=1S/C14H18N2O2/c1-4-14(7-15-5-1)8-16(9-14)11-2-3-12-13(6-11)18-10-17-12/h2-3,6,15H,1,4-5,7-10H2. The molecule has 0 saturated carbocycles. The molecule has 1 spiro atoms. The monoisotopic (exact) mass is 246 g/mol. The minimum Gasteiger partial charge on any atom is -0.454 e. The summed E-state index contributed by atoms with van der Waals surface area (Å²) < 4.78 is 10.8. The van der Waals surface area contributed by atoms with Crippen molar-refractivity contribution in [3.63, 3.8) is 0 Å². The smallest absolute Gasteiger partial charge is 0.231 e. The number of rotatable bonds is 1. The predicted molar refractivity (Wildman–Crippen MR) is 69.3 cm³/mol. The van der Waals surface area contributed by atoms with Crippen molar-refractivity contribution in [3.05, 3.63) is 18.2 Å². The van der Waals surface area contributed by atoms with Gasteiger partial charge in [0.1, 0.15) is 0 Å². The van der Waals surface area contributed by atoms with Crippen molar-refractivity contribution in [3.8, 4) is 11.5 Å². The van der Waals surface area contributed by atoms with Gasteiger partial charge in [-0.1, -0.05) is 0 Å². The Morgan fingerprint density at radius 3 is 2.89 bits per heavy atom. The van der Waals surface area contributed by atoms with Crippen molar-refractivity contribution in [2.75, 3.05) is 37.9 Å². The van der Waals surface area contributed by atoms with Crippen LogP contribution in [0, 0.1) is 5.41 Å². The van der Waals surface area contributed by atoms with Gasteiger partial charge in [-0.05, 0) is 31.5 Å². The number of hydrogen-bond acceptors (Lipinski definition) is 4. The molecule has 4 heteroatoms. The van der Waals surface area contributed by atoms with Gasteiger partial charge in [0.25, 0.3) is 0 Å². The Bertz CT molecular complexity index is 461. The quantitative estimate of drug-likeness (QED) is 0.816. The molecule has 0 unspecified atom stereocenters. The van der Waals surface area contributed by atoms with E-state index in [2.05, 4.69) is 22.3 Å². The first kappa shape index (κ1) is 10.5. The average Bonchev–Trinajstić information content (AvgIpc) is 2.84. The average molecular weight is 246 g/mol. The van der Waals surface area contributed by atoms with Crippen LogP contribution in [0.25, 0.3) is 0 Å². The number of piperidine rings is 1. The van der Waals surface area contributed by atoms with Crippen molar-refractivity contribution in [2.24, 2.45) is 5.41 Å². The molecule has 1 N–H and O–H groups in total. The summed E-state index contributed by atoms with van der Waals surface area (Å²) in [5.74, 6) is 1.75. The molecule has 0 bridgehead atoms. The molecule has 3 heterocycles. The summed E-state index contributed by atoms with van der Waals surface area (Å²) in [6, 6.07) is 6.25. The molecule has 0 aromatic heterocycles. The Balaban J connectivity index is 1.49. The molecule has 0 aliphatic carbocycles. The number of hydrogen-bond donors (Lipinski definition) is 1. The van der Waals surface area contributed by atoms with Crippen LogP contribution in [0.5, 0.6) is 11.5 Å². The van der Waals surface area contributed by atoms with Crippen molar-refractivity contribution in [1.82, 2.24) is 5.32 Å². The Labute approximate surface area is 107 Å². The van der Waals surface area contributed by atoms with E-state index in [-0.39, 0.29) is 0 Å². The number of nitrogens with zero attached hydrogens (tertiary/aromatic N) is 1. The highest BCUT2D eigenvalue weighted by atomic mass is 16.7. The van der Waals surface area contributed by atoms with Crippen LogP contribution in [-0.2, 0) is 0 Å². The number of anilines is 1. The van der Waals surface area contributed by atoms with E-state index in [9.17, 15) is 0 Å². The van der Waals surface area contributed by atoms with Crippen LogP contribution in [0.3, 0.4) is 0 Å². The lowest BCUT2D eigenvalue weighted by molar-refractivity contribution is 0.156. The van der Waals surface area contributed by atoms with Crippen molar-refractivity contribution in [1.29, 1.82) is 0 Å². The maximum Gasteiger partial charge on any atom is 0.231 e. The van der Waals surface area contributed by atoms with Crippen molar-refractivity contribution < 1.29 is 9.47 Å². The fourth-order valence-corrected chi connectivity index (χ4v) is 3.33. The highest BCUT2D eigenvalue weighted by molar-refractivity contribution is 5.59. The number of fused-ring (bicyclic) bond motifs is 1. The second-order valence-electron chi connectivity index (χ2n) is 5.67. The lowest BCUT2D eigenvalue weighted by atomic mass is 9.74. The molecule has 1 aromatic rings. The zero-order valence-electron chi connectivity index (χ0n) is 10.4. The van der Waals surface area contributed by atoms with Gasteiger partial charge in [0.05, 0.1) is 0 Å². The largest absolute Gasteiger partial charge is 0.454 e. The maximum atomic E-state index is 5.43. The molecule has 18 heavy (non-hydrogen) atoms. The van der Waals surface area contributed by atoms with Gasteiger partial charge in [0.2, 0.25) is 6.79 Å². The van der Waals surface area contributed by atoms with Crippen LogP contribution >= 0.6 is 0 Å². The SMILES string of the molecule is c1cc2c(cc1N1CC3(CCCNC3)C1)OCO2. The summed E-state index contributed by atoms with van der Waals surface area (Å²) in [4.78, 5) is 2.44. The fourth-order valence-electron chi connectivity index (χ4n) is 3.33. The molecular formula is C14H18N2O2. The first-order valence-corrected chi connectivity index (χ1v) is 6.70. The first-order chi connectivity index (χ1) is 8.85. The molecule has 1 aromatic carbocycles. The lowest BCUT2D eigenvalue weighted by Crippen LogP contribution is -2.62. The Kier molecular flexibility index (Phi) is 2.21. The summed E-state index contributed by atoms with van der Waals surface area (Å²) in [5.41, 5.74) is 1.78. The third-order valence-electron chi connectivity index (χ3n) is 4.33. The molecule has 4 nitrogen and oxygen atoms in total. The molecule has 0 amide bonds. The summed E-state index contributed by atoms with van der Waals surface area (Å²) in [7, 11) is 0.